The molecular weight excluding hydrogens is 871 g/mol. The highest BCUT2D eigenvalue weighted by Gasteiger charge is 2.23. The lowest BCUT2D eigenvalue weighted by molar-refractivity contribution is -0.196. The first-order chi connectivity index (χ1) is 31.3. The molecule has 0 aliphatic carbocycles. The van der Waals surface area contributed by atoms with E-state index in [1.807, 2.05) is 0 Å². The molecule has 0 spiro atoms. The maximum absolute atomic E-state index is 13.5. The van der Waals surface area contributed by atoms with Gasteiger partial charge < -0.3 is 49.7 Å². The number of carbonyl (C=O) groups excluding carboxylic acids is 10. The number of aliphatic carboxylic acids is 1. The highest BCUT2D eigenvalue weighted by atomic mass is 16.7. The van der Waals surface area contributed by atoms with Gasteiger partial charge in [0.2, 0.25) is 11.8 Å². The fraction of sp³-hybridized carbons (Fsp3) is 0.477. The van der Waals surface area contributed by atoms with Crippen LogP contribution in [-0.2, 0) is 48.0 Å². The SMILES string of the molecule is CC(=O)Oc1cccc(C(=O)NCCCCN(CCCNC(=O)c2cccc(OC(C)=O)c2OC(C)=O)C(=O)CCC(=O)NCCCCCN(OC(C)=O)C(=O)CCC(=O)O)c1OC(C)=O. The Balaban J connectivity index is 2.02. The Kier molecular flexibility index (Phi) is 24.2. The van der Waals surface area contributed by atoms with E-state index in [1.54, 1.807) is 0 Å². The zero-order valence-electron chi connectivity index (χ0n) is 37.7. The van der Waals surface area contributed by atoms with Crippen molar-refractivity contribution in [2.75, 3.05) is 39.3 Å². The topological polar surface area (TPSA) is 297 Å². The summed E-state index contributed by atoms with van der Waals surface area (Å²) in [5.74, 6) is -8.16. The standard InChI is InChI=1S/C44H57N5O17/c1-28(50)62-35-16-11-14-33(41(35)64-30(3)52)43(60)46-23-8-10-25-48(26-13-24-47-44(61)34-15-12-17-36(63-29(2)51)42(34)65-31(4)53)38(56)19-18-37(55)45-22-7-6-9-27-49(66-32(5)54)39(57)20-21-40(58)59/h11-12,14-17H,6-10,13,18-27H2,1-5H3,(H,45,55)(H,46,60)(H,47,61)(H,58,59). The van der Waals surface area contributed by atoms with Crippen LogP contribution in [0.25, 0.3) is 0 Å². The zero-order chi connectivity index (χ0) is 49.2. The molecular formula is C44H57N5O17. The molecule has 2 rings (SSSR count). The van der Waals surface area contributed by atoms with Crippen LogP contribution < -0.4 is 34.9 Å². The summed E-state index contributed by atoms with van der Waals surface area (Å²) in [6.45, 7) is 6.49. The smallest absolute Gasteiger partial charge is 0.329 e. The lowest BCUT2D eigenvalue weighted by Crippen LogP contribution is -2.36. The molecule has 4 N–H and O–H groups in total. The van der Waals surface area contributed by atoms with Gasteiger partial charge in [-0.3, -0.25) is 52.7 Å². The van der Waals surface area contributed by atoms with Crippen LogP contribution >= 0.6 is 0 Å². The quantitative estimate of drug-likeness (QED) is 0.0433. The molecule has 66 heavy (non-hydrogen) atoms. The first kappa shape index (κ1) is 54.7. The zero-order valence-corrected chi connectivity index (χ0v) is 37.7. The van der Waals surface area contributed by atoms with Crippen molar-refractivity contribution >= 4 is 65.4 Å². The van der Waals surface area contributed by atoms with Gasteiger partial charge in [0, 0.05) is 86.6 Å². The maximum Gasteiger partial charge on any atom is 0.329 e. The molecule has 22 heteroatoms. The molecule has 0 aliphatic heterocycles. The number of esters is 4. The van der Waals surface area contributed by atoms with Gasteiger partial charge in [-0.2, -0.15) is 5.06 Å². The fourth-order valence-corrected chi connectivity index (χ4v) is 5.98. The molecule has 0 saturated heterocycles. The molecule has 5 amide bonds. The summed E-state index contributed by atoms with van der Waals surface area (Å²) in [4.78, 5) is 140. The van der Waals surface area contributed by atoms with Crippen LogP contribution in [0.3, 0.4) is 0 Å². The van der Waals surface area contributed by atoms with Crippen molar-refractivity contribution in [1.82, 2.24) is 25.9 Å². The van der Waals surface area contributed by atoms with Gasteiger partial charge in [-0.1, -0.05) is 12.1 Å². The van der Waals surface area contributed by atoms with Gasteiger partial charge in [-0.05, 0) is 62.8 Å². The molecule has 0 fully saturated rings. The number of hydroxylamine groups is 2. The average molecular weight is 928 g/mol. The summed E-state index contributed by atoms with van der Waals surface area (Å²) in [5.41, 5.74) is -0.124. The van der Waals surface area contributed by atoms with Gasteiger partial charge in [0.1, 0.15) is 0 Å². The highest BCUT2D eigenvalue weighted by molar-refractivity contribution is 5.99. The molecule has 0 atom stereocenters. The van der Waals surface area contributed by atoms with Crippen LogP contribution in [0.15, 0.2) is 36.4 Å². The molecule has 0 saturated carbocycles. The number of nitrogens with one attached hydrogen (secondary N) is 3. The third-order valence-corrected chi connectivity index (χ3v) is 8.83. The number of hydrogen-bond acceptors (Lipinski definition) is 16. The number of unbranched alkanes of at least 4 members (excludes halogenated alkanes) is 3. The molecule has 2 aromatic rings. The number of ether oxygens (including phenoxy) is 4. The van der Waals surface area contributed by atoms with Gasteiger partial charge in [0.25, 0.3) is 17.7 Å². The molecule has 0 heterocycles. The largest absolute Gasteiger partial charge is 0.481 e. The Morgan fingerprint density at radius 2 is 0.939 bits per heavy atom. The molecule has 22 nitrogen and oxygen atoms in total. The Bertz CT molecular complexity index is 2090. The number of benzene rings is 2. The lowest BCUT2D eigenvalue weighted by Gasteiger charge is -2.23. The summed E-state index contributed by atoms with van der Waals surface area (Å²) in [5, 5.41) is 17.8. The van der Waals surface area contributed by atoms with Crippen molar-refractivity contribution in [2.45, 2.75) is 98.8 Å². The van der Waals surface area contributed by atoms with E-state index in [0.717, 1.165) is 39.7 Å². The Hall–Kier alpha value is -7.39. The number of carboxylic acids is 1. The normalized spacial score (nSPS) is 10.4. The van der Waals surface area contributed by atoms with Crippen LogP contribution in [0.5, 0.6) is 23.0 Å². The predicted molar refractivity (Wildman–Crippen MR) is 230 cm³/mol. The van der Waals surface area contributed by atoms with Crippen LogP contribution in [-0.4, -0.2) is 120 Å². The van der Waals surface area contributed by atoms with Crippen molar-refractivity contribution < 1.29 is 81.6 Å². The minimum atomic E-state index is -1.17. The second-order valence-electron chi connectivity index (χ2n) is 14.5. The van der Waals surface area contributed by atoms with E-state index in [0.29, 0.717) is 32.1 Å². The lowest BCUT2D eigenvalue weighted by atomic mass is 10.1. The van der Waals surface area contributed by atoms with E-state index >= 15 is 0 Å². The Morgan fingerprint density at radius 3 is 1.44 bits per heavy atom. The Labute approximate surface area is 380 Å². The van der Waals surface area contributed by atoms with Crippen molar-refractivity contribution in [2.24, 2.45) is 0 Å². The third kappa shape index (κ3) is 21.3. The molecule has 0 radical (unpaired) electrons. The maximum atomic E-state index is 13.5. The molecule has 0 aromatic heterocycles. The average Bonchev–Trinajstić information content (AvgIpc) is 3.23. The summed E-state index contributed by atoms with van der Waals surface area (Å²) in [6, 6.07) is 8.39. The monoisotopic (exact) mass is 927 g/mol. The summed E-state index contributed by atoms with van der Waals surface area (Å²) < 4.78 is 20.5. The summed E-state index contributed by atoms with van der Waals surface area (Å²) >= 11 is 0. The number of para-hydroxylation sites is 2. The first-order valence-electron chi connectivity index (χ1n) is 21.1. The van der Waals surface area contributed by atoms with Crippen molar-refractivity contribution in [1.29, 1.82) is 0 Å². The number of carbonyl (C=O) groups is 11. The van der Waals surface area contributed by atoms with Gasteiger partial charge in [-0.25, -0.2) is 0 Å². The van der Waals surface area contributed by atoms with E-state index in [9.17, 15) is 52.7 Å². The third-order valence-electron chi connectivity index (χ3n) is 8.83. The van der Waals surface area contributed by atoms with Gasteiger partial charge >= 0.3 is 35.8 Å². The first-order valence-corrected chi connectivity index (χ1v) is 21.1. The van der Waals surface area contributed by atoms with E-state index in [4.69, 9.17) is 28.9 Å². The minimum absolute atomic E-state index is 0.0352. The van der Waals surface area contributed by atoms with Crippen LogP contribution in [0.2, 0.25) is 0 Å². The second kappa shape index (κ2) is 29.1. The van der Waals surface area contributed by atoms with E-state index in [2.05, 4.69) is 16.0 Å². The minimum Gasteiger partial charge on any atom is -0.481 e. The van der Waals surface area contributed by atoms with Gasteiger partial charge in [0.05, 0.1) is 24.1 Å². The van der Waals surface area contributed by atoms with Crippen molar-refractivity contribution in [3.8, 4) is 23.0 Å². The summed E-state index contributed by atoms with van der Waals surface area (Å²) in [6.07, 6.45) is 1.38. The molecule has 0 bridgehead atoms. The van der Waals surface area contributed by atoms with Crippen molar-refractivity contribution in [3.63, 3.8) is 0 Å². The summed E-state index contributed by atoms with van der Waals surface area (Å²) in [7, 11) is 0. The predicted octanol–water partition coefficient (Wildman–Crippen LogP) is 2.78. The van der Waals surface area contributed by atoms with Crippen LogP contribution in [0.4, 0.5) is 0 Å². The van der Waals surface area contributed by atoms with E-state index in [-0.39, 0.29) is 105 Å². The molecule has 0 aliphatic rings. The van der Waals surface area contributed by atoms with Gasteiger partial charge in [0.15, 0.2) is 23.0 Å². The molecule has 2 aromatic carbocycles. The number of amides is 5. The Morgan fingerprint density at radius 1 is 0.485 bits per heavy atom. The second-order valence-corrected chi connectivity index (χ2v) is 14.5. The molecule has 0 unspecified atom stereocenters. The number of hydrogen-bond donors (Lipinski definition) is 4. The van der Waals surface area contributed by atoms with E-state index < -0.39 is 65.9 Å². The number of nitrogens with zero attached hydrogens (tertiary/aromatic N) is 2. The van der Waals surface area contributed by atoms with Crippen molar-refractivity contribution in [3.05, 3.63) is 47.5 Å². The van der Waals surface area contributed by atoms with Gasteiger partial charge in [-0.15, -0.1) is 0 Å². The number of carboxylic acid groups (broad SMARTS) is 1. The number of rotatable bonds is 27. The fourth-order valence-electron chi connectivity index (χ4n) is 5.98. The van der Waals surface area contributed by atoms with Crippen LogP contribution in [0, 0.1) is 0 Å². The van der Waals surface area contributed by atoms with Crippen LogP contribution in [0.1, 0.15) is 120 Å². The van der Waals surface area contributed by atoms with E-state index in [1.165, 1.54) is 41.3 Å². The molecule has 360 valence electrons. The highest BCUT2D eigenvalue weighted by Crippen LogP contribution is 2.33.